The van der Waals surface area contributed by atoms with Gasteiger partial charge < -0.3 is 9.84 Å². The average molecular weight is 364 g/mol. The van der Waals surface area contributed by atoms with Gasteiger partial charge in [-0.3, -0.25) is 9.78 Å². The smallest absolute Gasteiger partial charge is 0.303 e. The molecule has 7 nitrogen and oxygen atoms in total. The average Bonchev–Trinajstić information content (AvgIpc) is 2.61. The Morgan fingerprint density at radius 3 is 2.52 bits per heavy atom. The number of rotatable bonds is 9. The molecule has 0 radical (unpaired) electrons. The highest BCUT2D eigenvalue weighted by molar-refractivity contribution is 7.89. The van der Waals surface area contributed by atoms with E-state index in [1.54, 1.807) is 36.7 Å². The largest absolute Gasteiger partial charge is 0.497 e. The maximum Gasteiger partial charge on any atom is 0.303 e. The quantitative estimate of drug-likeness (QED) is 0.732. The number of carboxylic acid groups (broad SMARTS) is 1. The highest BCUT2D eigenvalue weighted by Gasteiger charge is 2.24. The van der Waals surface area contributed by atoms with Gasteiger partial charge >= 0.3 is 5.97 Å². The van der Waals surface area contributed by atoms with Gasteiger partial charge in [-0.15, -0.1) is 0 Å². The lowest BCUT2D eigenvalue weighted by molar-refractivity contribution is -0.137. The number of pyridine rings is 1. The van der Waals surface area contributed by atoms with E-state index in [4.69, 9.17) is 9.84 Å². The predicted molar refractivity (Wildman–Crippen MR) is 91.7 cm³/mol. The second-order valence-corrected chi connectivity index (χ2v) is 7.31. The minimum atomic E-state index is -3.77. The van der Waals surface area contributed by atoms with Crippen molar-refractivity contribution in [3.8, 4) is 5.75 Å². The molecule has 25 heavy (non-hydrogen) atoms. The molecule has 0 spiro atoms. The van der Waals surface area contributed by atoms with E-state index >= 15 is 0 Å². The molecule has 0 fully saturated rings. The van der Waals surface area contributed by atoms with Crippen molar-refractivity contribution in [2.75, 3.05) is 13.7 Å². The van der Waals surface area contributed by atoms with Crippen LogP contribution in [0.4, 0.5) is 0 Å². The minimum absolute atomic E-state index is 0.0956. The monoisotopic (exact) mass is 364 g/mol. The summed E-state index contributed by atoms with van der Waals surface area (Å²) in [5.74, 6) is -0.396. The summed E-state index contributed by atoms with van der Waals surface area (Å²) >= 11 is 0. The molecule has 0 unspecified atom stereocenters. The molecular weight excluding hydrogens is 344 g/mol. The van der Waals surface area contributed by atoms with E-state index in [-0.39, 0.29) is 30.8 Å². The second kappa shape index (κ2) is 8.59. The van der Waals surface area contributed by atoms with Crippen LogP contribution in [0.1, 0.15) is 18.4 Å². The molecule has 0 amide bonds. The van der Waals surface area contributed by atoms with Crippen molar-refractivity contribution in [1.82, 2.24) is 9.29 Å². The third kappa shape index (κ3) is 5.27. The molecule has 0 saturated heterocycles. The van der Waals surface area contributed by atoms with Crippen LogP contribution in [0.25, 0.3) is 0 Å². The lowest BCUT2D eigenvalue weighted by Crippen LogP contribution is -2.32. The Bertz CT molecular complexity index is 792. The zero-order valence-corrected chi connectivity index (χ0v) is 14.6. The second-order valence-electron chi connectivity index (χ2n) is 5.37. The third-order valence-corrected chi connectivity index (χ3v) is 5.44. The van der Waals surface area contributed by atoms with Crippen LogP contribution in [0.15, 0.2) is 53.7 Å². The molecule has 134 valence electrons. The number of aromatic nitrogens is 1. The van der Waals surface area contributed by atoms with Crippen molar-refractivity contribution >= 4 is 16.0 Å². The molecule has 0 aliphatic carbocycles. The molecule has 0 aliphatic rings. The number of hydrogen-bond donors (Lipinski definition) is 1. The first-order valence-electron chi connectivity index (χ1n) is 7.68. The molecule has 1 aromatic heterocycles. The van der Waals surface area contributed by atoms with Crippen LogP contribution >= 0.6 is 0 Å². The van der Waals surface area contributed by atoms with Crippen LogP contribution < -0.4 is 4.74 Å². The van der Waals surface area contributed by atoms with E-state index in [0.29, 0.717) is 5.75 Å². The lowest BCUT2D eigenvalue weighted by atomic mass is 10.2. The van der Waals surface area contributed by atoms with E-state index in [1.807, 2.05) is 0 Å². The fourth-order valence-electron chi connectivity index (χ4n) is 2.28. The van der Waals surface area contributed by atoms with Crippen LogP contribution in [-0.2, 0) is 21.4 Å². The normalized spacial score (nSPS) is 11.4. The zero-order chi connectivity index (χ0) is 18.3. The first-order valence-corrected chi connectivity index (χ1v) is 9.12. The topological polar surface area (TPSA) is 96.8 Å². The van der Waals surface area contributed by atoms with E-state index in [2.05, 4.69) is 4.98 Å². The summed E-state index contributed by atoms with van der Waals surface area (Å²) in [5, 5.41) is 8.80. The van der Waals surface area contributed by atoms with Gasteiger partial charge in [0.25, 0.3) is 0 Å². The van der Waals surface area contributed by atoms with Gasteiger partial charge in [0, 0.05) is 31.9 Å². The molecule has 2 aromatic rings. The van der Waals surface area contributed by atoms with Gasteiger partial charge in [-0.2, -0.15) is 4.31 Å². The van der Waals surface area contributed by atoms with Crippen LogP contribution in [0, 0.1) is 0 Å². The summed E-state index contributed by atoms with van der Waals surface area (Å²) in [6.45, 7) is 0.234. The molecule has 1 aromatic carbocycles. The highest BCUT2D eigenvalue weighted by atomic mass is 32.2. The number of hydrogen-bond acceptors (Lipinski definition) is 5. The summed E-state index contributed by atoms with van der Waals surface area (Å²) in [5.41, 5.74) is 0.731. The van der Waals surface area contributed by atoms with Crippen molar-refractivity contribution in [1.29, 1.82) is 0 Å². The fourth-order valence-corrected chi connectivity index (χ4v) is 3.75. The SMILES string of the molecule is COc1ccc(S(=O)(=O)N(CCCC(=O)O)Cc2cccnc2)cc1. The number of benzene rings is 1. The molecule has 0 saturated carbocycles. The van der Waals surface area contributed by atoms with Gasteiger partial charge in [-0.05, 0) is 42.3 Å². The molecule has 0 bridgehead atoms. The predicted octanol–water partition coefficient (Wildman–Crippen LogP) is 2.15. The van der Waals surface area contributed by atoms with Crippen LogP contribution in [0.5, 0.6) is 5.75 Å². The summed E-state index contributed by atoms with van der Waals surface area (Å²) in [4.78, 5) is 14.9. The van der Waals surface area contributed by atoms with E-state index in [9.17, 15) is 13.2 Å². The van der Waals surface area contributed by atoms with Gasteiger partial charge in [0.2, 0.25) is 10.0 Å². The molecule has 0 aliphatic heterocycles. The number of methoxy groups -OCH3 is 1. The highest BCUT2D eigenvalue weighted by Crippen LogP contribution is 2.21. The first kappa shape index (κ1) is 18.9. The van der Waals surface area contributed by atoms with Crippen LogP contribution in [-0.4, -0.2) is 42.4 Å². The number of carbonyl (C=O) groups is 1. The van der Waals surface area contributed by atoms with E-state index < -0.39 is 16.0 Å². The Morgan fingerprint density at radius 2 is 1.96 bits per heavy atom. The molecular formula is C17H20N2O5S. The van der Waals surface area contributed by atoms with Crippen molar-refractivity contribution in [2.45, 2.75) is 24.3 Å². The number of ether oxygens (including phenoxy) is 1. The Balaban J connectivity index is 2.25. The Kier molecular flexibility index (Phi) is 6.49. The van der Waals surface area contributed by atoms with E-state index in [0.717, 1.165) is 5.56 Å². The Hall–Kier alpha value is -2.45. The number of aliphatic carboxylic acids is 1. The molecule has 1 N–H and O–H groups in total. The maximum atomic E-state index is 12.9. The third-order valence-electron chi connectivity index (χ3n) is 3.58. The molecule has 0 atom stereocenters. The van der Waals surface area contributed by atoms with Crippen molar-refractivity contribution < 1.29 is 23.1 Å². The standard InChI is InChI=1S/C17H20N2O5S/c1-24-15-6-8-16(9-7-15)25(22,23)19(11-3-5-17(20)21)13-14-4-2-10-18-12-14/h2,4,6-10,12H,3,5,11,13H2,1H3,(H,20,21). The minimum Gasteiger partial charge on any atom is -0.497 e. The molecule has 1 heterocycles. The molecule has 2 rings (SSSR count). The Labute approximate surface area is 146 Å². The summed E-state index contributed by atoms with van der Waals surface area (Å²) in [7, 11) is -2.26. The summed E-state index contributed by atoms with van der Waals surface area (Å²) in [6, 6.07) is 9.60. The summed E-state index contributed by atoms with van der Waals surface area (Å²) < 4.78 is 32.2. The van der Waals surface area contributed by atoms with Crippen LogP contribution in [0.3, 0.4) is 0 Å². The zero-order valence-electron chi connectivity index (χ0n) is 13.8. The number of sulfonamides is 1. The van der Waals surface area contributed by atoms with Gasteiger partial charge in [-0.1, -0.05) is 6.07 Å². The number of carboxylic acids is 1. The van der Waals surface area contributed by atoms with Crippen molar-refractivity contribution in [2.24, 2.45) is 0 Å². The van der Waals surface area contributed by atoms with Gasteiger partial charge in [0.05, 0.1) is 12.0 Å². The van der Waals surface area contributed by atoms with Crippen molar-refractivity contribution in [3.05, 3.63) is 54.4 Å². The fraction of sp³-hybridized carbons (Fsp3) is 0.294. The van der Waals surface area contributed by atoms with Crippen molar-refractivity contribution in [3.63, 3.8) is 0 Å². The van der Waals surface area contributed by atoms with Gasteiger partial charge in [0.15, 0.2) is 0 Å². The van der Waals surface area contributed by atoms with Gasteiger partial charge in [0.1, 0.15) is 5.75 Å². The summed E-state index contributed by atoms with van der Waals surface area (Å²) in [6.07, 6.45) is 3.33. The lowest BCUT2D eigenvalue weighted by Gasteiger charge is -2.22. The Morgan fingerprint density at radius 1 is 1.24 bits per heavy atom. The van der Waals surface area contributed by atoms with Gasteiger partial charge in [-0.25, -0.2) is 8.42 Å². The maximum absolute atomic E-state index is 12.9. The van der Waals surface area contributed by atoms with E-state index in [1.165, 1.54) is 23.5 Å². The molecule has 8 heteroatoms. The number of nitrogens with zero attached hydrogens (tertiary/aromatic N) is 2. The first-order chi connectivity index (χ1) is 11.9. The van der Waals surface area contributed by atoms with Crippen LogP contribution in [0.2, 0.25) is 0 Å².